The molecule has 3 aromatic carbocycles. The molecule has 4 rings (SSSR count). The lowest BCUT2D eigenvalue weighted by Gasteiger charge is -2.27. The van der Waals surface area contributed by atoms with Crippen LogP contribution in [0.4, 0.5) is 0 Å². The number of para-hydroxylation sites is 1. The number of ether oxygens (including phenoxy) is 2. The third-order valence-electron chi connectivity index (χ3n) is 6.86. The first-order valence-electron chi connectivity index (χ1n) is 13.2. The van der Waals surface area contributed by atoms with Crippen LogP contribution in [0.1, 0.15) is 62.9 Å². The van der Waals surface area contributed by atoms with Gasteiger partial charge in [-0.05, 0) is 40.7 Å². The number of aliphatic hydroxyl groups is 1. The van der Waals surface area contributed by atoms with Gasteiger partial charge in [0.1, 0.15) is 17.3 Å². The van der Waals surface area contributed by atoms with E-state index in [9.17, 15) is 14.7 Å². The summed E-state index contributed by atoms with van der Waals surface area (Å²) in [5, 5.41) is 11.5. The zero-order chi connectivity index (χ0) is 28.3. The van der Waals surface area contributed by atoms with Crippen molar-refractivity contribution in [2.75, 3.05) is 13.7 Å². The van der Waals surface area contributed by atoms with E-state index in [1.165, 1.54) is 4.90 Å². The Morgan fingerprint density at radius 2 is 1.67 bits per heavy atom. The molecule has 1 amide bonds. The predicted molar refractivity (Wildman–Crippen MR) is 153 cm³/mol. The van der Waals surface area contributed by atoms with Gasteiger partial charge in [-0.2, -0.15) is 0 Å². The van der Waals surface area contributed by atoms with Crippen LogP contribution < -0.4 is 9.47 Å². The molecular weight excluding hydrogens is 490 g/mol. The van der Waals surface area contributed by atoms with E-state index < -0.39 is 17.7 Å². The highest BCUT2D eigenvalue weighted by Gasteiger charge is 2.46. The van der Waals surface area contributed by atoms with E-state index in [4.69, 9.17) is 9.47 Å². The van der Waals surface area contributed by atoms with Gasteiger partial charge in [0.05, 0.1) is 31.9 Å². The average Bonchev–Trinajstić information content (AvgIpc) is 3.16. The lowest BCUT2D eigenvalue weighted by molar-refractivity contribution is -0.140. The van der Waals surface area contributed by atoms with Gasteiger partial charge in [-0.1, -0.05) is 89.2 Å². The molecule has 39 heavy (non-hydrogen) atoms. The first-order chi connectivity index (χ1) is 18.5. The minimum absolute atomic E-state index is 0.0550. The highest BCUT2D eigenvalue weighted by atomic mass is 16.5. The van der Waals surface area contributed by atoms with Crippen molar-refractivity contribution in [3.8, 4) is 11.5 Å². The number of aliphatic hydroxyl groups excluding tert-OH is 1. The normalized spacial score (nSPS) is 17.1. The fourth-order valence-corrected chi connectivity index (χ4v) is 4.72. The number of nitrogens with zero attached hydrogens (tertiary/aromatic N) is 1. The van der Waals surface area contributed by atoms with Crippen molar-refractivity contribution in [1.82, 2.24) is 4.90 Å². The van der Waals surface area contributed by atoms with Crippen LogP contribution >= 0.6 is 0 Å². The summed E-state index contributed by atoms with van der Waals surface area (Å²) in [4.78, 5) is 28.5. The van der Waals surface area contributed by atoms with Crippen molar-refractivity contribution in [3.63, 3.8) is 0 Å². The van der Waals surface area contributed by atoms with Crippen molar-refractivity contribution in [2.45, 2.75) is 52.6 Å². The summed E-state index contributed by atoms with van der Waals surface area (Å²) in [6, 6.07) is 21.5. The molecule has 1 saturated heterocycles. The van der Waals surface area contributed by atoms with Crippen LogP contribution in [0, 0.1) is 5.92 Å². The van der Waals surface area contributed by atoms with Crippen molar-refractivity contribution in [1.29, 1.82) is 0 Å². The summed E-state index contributed by atoms with van der Waals surface area (Å²) in [5.74, 6) is -0.0759. The zero-order valence-electron chi connectivity index (χ0n) is 23.5. The maximum Gasteiger partial charge on any atom is 0.295 e. The Balaban J connectivity index is 1.83. The smallest absolute Gasteiger partial charge is 0.295 e. The second-order valence-electron chi connectivity index (χ2n) is 11.3. The van der Waals surface area contributed by atoms with Gasteiger partial charge in [0.15, 0.2) is 0 Å². The number of ketones is 1. The van der Waals surface area contributed by atoms with Gasteiger partial charge in [-0.15, -0.1) is 0 Å². The number of hydrogen-bond donors (Lipinski definition) is 1. The van der Waals surface area contributed by atoms with Crippen LogP contribution in [-0.2, 0) is 21.5 Å². The number of likely N-dealkylation sites (tertiary alicyclic amines) is 1. The molecule has 1 heterocycles. The summed E-state index contributed by atoms with van der Waals surface area (Å²) in [6.45, 7) is 11.2. The van der Waals surface area contributed by atoms with Crippen LogP contribution in [0.25, 0.3) is 5.76 Å². The summed E-state index contributed by atoms with van der Waals surface area (Å²) in [7, 11) is 1.57. The summed E-state index contributed by atoms with van der Waals surface area (Å²) in [6.07, 6.45) is 0. The molecule has 0 spiro atoms. The fraction of sp³-hybridized carbons (Fsp3) is 0.333. The lowest BCUT2D eigenvalue weighted by atomic mass is 9.85. The van der Waals surface area contributed by atoms with Gasteiger partial charge in [0.25, 0.3) is 11.7 Å². The van der Waals surface area contributed by atoms with Gasteiger partial charge in [0.2, 0.25) is 0 Å². The third-order valence-corrected chi connectivity index (χ3v) is 6.86. The van der Waals surface area contributed by atoms with Gasteiger partial charge in [0, 0.05) is 11.1 Å². The van der Waals surface area contributed by atoms with E-state index in [1.807, 2.05) is 54.6 Å². The van der Waals surface area contributed by atoms with Crippen molar-refractivity contribution < 1.29 is 24.2 Å². The largest absolute Gasteiger partial charge is 0.507 e. The molecule has 3 aromatic rings. The highest BCUT2D eigenvalue weighted by Crippen LogP contribution is 2.41. The second kappa shape index (κ2) is 11.4. The van der Waals surface area contributed by atoms with E-state index in [2.05, 4.69) is 34.6 Å². The summed E-state index contributed by atoms with van der Waals surface area (Å²) in [5.41, 5.74) is 3.05. The number of methoxy groups -OCH3 is 1. The lowest BCUT2D eigenvalue weighted by Crippen LogP contribution is -2.29. The van der Waals surface area contributed by atoms with E-state index in [0.717, 1.165) is 16.7 Å². The van der Waals surface area contributed by atoms with Crippen LogP contribution in [0.2, 0.25) is 0 Å². The molecule has 6 heteroatoms. The van der Waals surface area contributed by atoms with E-state index in [-0.39, 0.29) is 23.3 Å². The van der Waals surface area contributed by atoms with Crippen molar-refractivity contribution >= 4 is 17.4 Å². The van der Waals surface area contributed by atoms with E-state index in [1.54, 1.807) is 25.3 Å². The molecule has 0 aromatic heterocycles. The summed E-state index contributed by atoms with van der Waals surface area (Å²) < 4.78 is 11.4. The van der Waals surface area contributed by atoms with Gasteiger partial charge >= 0.3 is 0 Å². The SMILES string of the molecule is COc1ccccc1CN1C(=O)C(=O)/C(=C(\O)c2cccc(OCC(C)C)c2)C1c1ccc(C(C)(C)C)cc1. The van der Waals surface area contributed by atoms with Crippen LogP contribution in [0.3, 0.4) is 0 Å². The first kappa shape index (κ1) is 28.0. The third kappa shape index (κ3) is 6.00. The van der Waals surface area contributed by atoms with Gasteiger partial charge < -0.3 is 19.5 Å². The molecular formula is C33H37NO5. The van der Waals surface area contributed by atoms with Crippen LogP contribution in [0.15, 0.2) is 78.4 Å². The molecule has 0 radical (unpaired) electrons. The van der Waals surface area contributed by atoms with Crippen LogP contribution in [-0.4, -0.2) is 35.4 Å². The minimum atomic E-state index is -0.774. The standard InChI is InChI=1S/C33H37NO5/c1-21(2)20-39-26-12-9-11-23(18-26)30(35)28-29(22-14-16-25(17-15-22)33(3,4)5)34(32(37)31(28)36)19-24-10-7-8-13-27(24)38-6/h7-18,21,29,35H,19-20H2,1-6H3/b30-28-. The average molecular weight is 528 g/mol. The Hall–Kier alpha value is -4.06. The van der Waals surface area contributed by atoms with Gasteiger partial charge in [-0.25, -0.2) is 0 Å². The first-order valence-corrected chi connectivity index (χ1v) is 13.2. The van der Waals surface area contributed by atoms with Gasteiger partial charge in [-0.3, -0.25) is 9.59 Å². The van der Waals surface area contributed by atoms with E-state index >= 15 is 0 Å². The zero-order valence-corrected chi connectivity index (χ0v) is 23.5. The monoisotopic (exact) mass is 527 g/mol. The Morgan fingerprint density at radius 3 is 2.31 bits per heavy atom. The minimum Gasteiger partial charge on any atom is -0.507 e. The molecule has 1 unspecified atom stereocenters. The van der Waals surface area contributed by atoms with Crippen LogP contribution in [0.5, 0.6) is 11.5 Å². The molecule has 1 fully saturated rings. The number of carbonyl (C=O) groups excluding carboxylic acids is 2. The maximum absolute atomic E-state index is 13.5. The molecule has 1 atom stereocenters. The molecule has 6 nitrogen and oxygen atoms in total. The number of amides is 1. The highest BCUT2D eigenvalue weighted by molar-refractivity contribution is 6.46. The molecule has 204 valence electrons. The summed E-state index contributed by atoms with van der Waals surface area (Å²) >= 11 is 0. The Labute approximate surface area is 230 Å². The molecule has 1 aliphatic heterocycles. The number of rotatable bonds is 8. The number of Topliss-reactive ketones (excluding diaryl/α,β-unsaturated/α-hetero) is 1. The van der Waals surface area contributed by atoms with E-state index in [0.29, 0.717) is 29.6 Å². The molecule has 1 aliphatic rings. The quantitative estimate of drug-likeness (QED) is 0.202. The molecule has 1 N–H and O–H groups in total. The molecule has 0 saturated carbocycles. The maximum atomic E-state index is 13.5. The Bertz CT molecular complexity index is 1380. The number of benzene rings is 3. The Kier molecular flexibility index (Phi) is 8.14. The molecule has 0 aliphatic carbocycles. The Morgan fingerprint density at radius 1 is 0.974 bits per heavy atom. The number of hydrogen-bond acceptors (Lipinski definition) is 5. The van der Waals surface area contributed by atoms with Crippen molar-refractivity contribution in [3.05, 3.63) is 101 Å². The predicted octanol–water partition coefficient (Wildman–Crippen LogP) is 6.65. The topological polar surface area (TPSA) is 76.1 Å². The fourth-order valence-electron chi connectivity index (χ4n) is 4.72. The molecule has 0 bridgehead atoms. The van der Waals surface area contributed by atoms with Crippen molar-refractivity contribution in [2.24, 2.45) is 5.92 Å². The second-order valence-corrected chi connectivity index (χ2v) is 11.3. The number of carbonyl (C=O) groups is 2.